The fourth-order valence-corrected chi connectivity index (χ4v) is 3.18. The zero-order chi connectivity index (χ0) is 33.7. The van der Waals surface area contributed by atoms with Gasteiger partial charge in [-0.05, 0) is 6.42 Å². The molecule has 0 aliphatic rings. The van der Waals surface area contributed by atoms with Crippen molar-refractivity contribution in [1.82, 2.24) is 0 Å². The molecule has 0 aromatic rings. The Hall–Kier alpha value is -1.82. The minimum atomic E-state index is -9.23. The molecule has 0 aliphatic carbocycles. The van der Waals surface area contributed by atoms with Crippen LogP contribution in [0.4, 0.5) is 92.2 Å². The Balaban J connectivity index is 6.63. The molecule has 41 heavy (non-hydrogen) atoms. The largest absolute Gasteiger partial charge is 0.460 e. The molecule has 0 spiro atoms. The highest BCUT2D eigenvalue weighted by Crippen LogP contribution is 2.66. The van der Waals surface area contributed by atoms with Crippen molar-refractivity contribution in [2.45, 2.75) is 72.3 Å². The van der Waals surface area contributed by atoms with E-state index in [1.807, 2.05) is 0 Å². The Kier molecular flexibility index (Phi) is 10.2. The third kappa shape index (κ3) is 5.88. The van der Waals surface area contributed by atoms with Crippen molar-refractivity contribution in [3.63, 3.8) is 0 Å². The Labute approximate surface area is 213 Å². The Morgan fingerprint density at radius 3 is 1.10 bits per heavy atom. The smallest absolute Gasteiger partial charge is 0.270 e. The predicted molar refractivity (Wildman–Crippen MR) is 89.7 cm³/mol. The molecule has 0 unspecified atom stereocenters. The third-order valence-electron chi connectivity index (χ3n) is 4.80. The van der Waals surface area contributed by atoms with E-state index in [1.165, 1.54) is 0 Å². The molecule has 3 nitrogen and oxygen atoms in total. The van der Waals surface area contributed by atoms with Crippen molar-refractivity contribution in [2.24, 2.45) is 0 Å². The van der Waals surface area contributed by atoms with Gasteiger partial charge in [0.2, 0.25) is 0 Å². The number of rotatable bonds is 15. The Morgan fingerprint density at radius 1 is 0.512 bits per heavy atom. The summed E-state index contributed by atoms with van der Waals surface area (Å²) in [7, 11) is -4.68. The second kappa shape index (κ2) is 10.7. The van der Waals surface area contributed by atoms with Crippen LogP contribution in [-0.2, 0) is 14.3 Å². The van der Waals surface area contributed by atoms with Crippen LogP contribution in [0.1, 0.15) is 12.8 Å². The van der Waals surface area contributed by atoms with E-state index in [-0.39, 0.29) is 0 Å². The number of halogens is 21. The summed E-state index contributed by atoms with van der Waals surface area (Å²) in [6.07, 6.45) is -12.2. The van der Waals surface area contributed by atoms with E-state index in [0.29, 0.717) is 6.08 Å². The molecule has 0 saturated carbocycles. The van der Waals surface area contributed by atoms with Crippen molar-refractivity contribution in [3.05, 3.63) is 12.7 Å². The summed E-state index contributed by atoms with van der Waals surface area (Å²) in [5.74, 6) is -78.7. The average Bonchev–Trinajstić information content (AvgIpc) is 2.74. The summed E-state index contributed by atoms with van der Waals surface area (Å²) in [4.78, 5) is 0. The summed E-state index contributed by atoms with van der Waals surface area (Å²) in [5.41, 5.74) is 0. The summed E-state index contributed by atoms with van der Waals surface area (Å²) in [6.45, 7) is 1.21. The first-order valence-corrected chi connectivity index (χ1v) is 11.0. The van der Waals surface area contributed by atoms with Crippen LogP contribution in [0.5, 0.6) is 0 Å². The van der Waals surface area contributed by atoms with Crippen LogP contribution in [0.25, 0.3) is 0 Å². The molecule has 0 radical (unpaired) electrons. The van der Waals surface area contributed by atoms with Crippen LogP contribution in [0.2, 0.25) is 0 Å². The highest BCUT2D eigenvalue weighted by atomic mass is 32.2. The lowest BCUT2D eigenvalue weighted by Crippen LogP contribution is -2.76. The van der Waals surface area contributed by atoms with Gasteiger partial charge >= 0.3 is 59.5 Å². The Bertz CT molecular complexity index is 1040. The highest BCUT2D eigenvalue weighted by molar-refractivity contribution is 7.86. The van der Waals surface area contributed by atoms with E-state index < -0.39 is 94.8 Å². The van der Waals surface area contributed by atoms with Crippen LogP contribution in [0.15, 0.2) is 12.7 Å². The van der Waals surface area contributed by atoms with E-state index >= 15 is 0 Å². The minimum Gasteiger partial charge on any atom is -0.270 e. The molecule has 0 aliphatic heterocycles. The number of alkyl halides is 21. The molecule has 0 bridgehead atoms. The van der Waals surface area contributed by atoms with Crippen molar-refractivity contribution < 1.29 is 105 Å². The van der Waals surface area contributed by atoms with Gasteiger partial charge in [0.05, 0.1) is 12.4 Å². The second-order valence-corrected chi connectivity index (χ2v) is 9.42. The lowest BCUT2D eigenvalue weighted by atomic mass is 9.85. The van der Waals surface area contributed by atoms with Gasteiger partial charge in [0.1, 0.15) is 0 Å². The first-order chi connectivity index (χ1) is 17.5. The summed E-state index contributed by atoms with van der Waals surface area (Å²) in [6, 6.07) is 0. The van der Waals surface area contributed by atoms with Gasteiger partial charge in [-0.3, -0.25) is 4.18 Å². The molecule has 25 heteroatoms. The quantitative estimate of drug-likeness (QED) is 0.0775. The van der Waals surface area contributed by atoms with Gasteiger partial charge in [-0.2, -0.15) is 101 Å². The lowest BCUT2D eigenvalue weighted by Gasteiger charge is -2.44. The third-order valence-corrected chi connectivity index (χ3v) is 5.97. The van der Waals surface area contributed by atoms with Gasteiger partial charge < -0.3 is 0 Å². The summed E-state index contributed by atoms with van der Waals surface area (Å²) >= 11 is 0. The monoisotopic (exact) mass is 682 g/mol. The highest BCUT2D eigenvalue weighted by Gasteiger charge is 2.97. The van der Waals surface area contributed by atoms with Crippen molar-refractivity contribution >= 4 is 10.1 Å². The first kappa shape index (κ1) is 39.2. The van der Waals surface area contributed by atoms with Gasteiger partial charge in [0.15, 0.2) is 0 Å². The molecule has 0 saturated heterocycles. The second-order valence-electron chi connectivity index (χ2n) is 7.74. The van der Waals surface area contributed by atoms with Gasteiger partial charge in [-0.1, -0.05) is 6.08 Å². The van der Waals surface area contributed by atoms with Gasteiger partial charge in [-0.25, -0.2) is 0 Å². The van der Waals surface area contributed by atoms with Crippen LogP contribution in [0.3, 0.4) is 0 Å². The molecule has 0 N–H and O–H groups in total. The molecule has 246 valence electrons. The predicted octanol–water partition coefficient (Wildman–Crippen LogP) is 7.58. The standard InChI is InChI=1S/C16H11F21O3S/c1-2-6-41(38,39)40-5-3-4-7(17,18)8(19,20)9(21,22)10(23,24)11(25,26)12(27,28)13(29,30)14(31,32)15(33,34)16(35,36)37/h2H,1,3-6H2. The topological polar surface area (TPSA) is 43.4 Å². The molecular weight excluding hydrogens is 671 g/mol. The lowest BCUT2D eigenvalue weighted by molar-refractivity contribution is -0.474. The number of hydrogen-bond donors (Lipinski definition) is 0. The maximum atomic E-state index is 13.7. The minimum absolute atomic E-state index is 0.598. The number of hydrogen-bond acceptors (Lipinski definition) is 3. The molecule has 0 aromatic heterocycles. The molecule has 0 atom stereocenters. The van der Waals surface area contributed by atoms with Gasteiger partial charge in [-0.15, -0.1) is 6.58 Å². The van der Waals surface area contributed by atoms with E-state index in [4.69, 9.17) is 0 Å². The van der Waals surface area contributed by atoms with Crippen molar-refractivity contribution in [1.29, 1.82) is 0 Å². The fraction of sp³-hybridized carbons (Fsp3) is 0.875. The Morgan fingerprint density at radius 2 is 0.805 bits per heavy atom. The van der Waals surface area contributed by atoms with Crippen LogP contribution < -0.4 is 0 Å². The maximum absolute atomic E-state index is 13.7. The van der Waals surface area contributed by atoms with Crippen LogP contribution in [0, 0.1) is 0 Å². The molecule has 0 fully saturated rings. The molecule has 0 aromatic carbocycles. The molecule has 0 amide bonds. The van der Waals surface area contributed by atoms with E-state index in [0.717, 1.165) is 0 Å². The zero-order valence-corrected chi connectivity index (χ0v) is 19.5. The SMILES string of the molecule is C=CCS(=O)(=O)OCCCC(F)(F)C(F)(F)C(F)(F)C(F)(F)C(F)(F)C(F)(F)C(F)(F)C(F)(F)C(F)(F)C(F)(F)F. The van der Waals surface area contributed by atoms with E-state index in [9.17, 15) is 101 Å². The van der Waals surface area contributed by atoms with E-state index in [1.54, 1.807) is 0 Å². The summed E-state index contributed by atoms with van der Waals surface area (Å²) < 4.78 is 304. The van der Waals surface area contributed by atoms with Crippen molar-refractivity contribution in [3.8, 4) is 0 Å². The van der Waals surface area contributed by atoms with Gasteiger partial charge in [0, 0.05) is 6.42 Å². The summed E-state index contributed by atoms with van der Waals surface area (Å²) in [5, 5.41) is 0. The van der Waals surface area contributed by atoms with Crippen molar-refractivity contribution in [2.75, 3.05) is 12.4 Å². The molecule has 0 heterocycles. The first-order valence-electron chi connectivity index (χ1n) is 9.47. The molecule has 0 rings (SSSR count). The fourth-order valence-electron chi connectivity index (χ4n) is 2.42. The zero-order valence-electron chi connectivity index (χ0n) is 18.7. The van der Waals surface area contributed by atoms with Crippen LogP contribution >= 0.6 is 0 Å². The molecular formula is C16H11F21O3S. The van der Waals surface area contributed by atoms with E-state index in [2.05, 4.69) is 10.8 Å². The normalized spacial score (nSPS) is 16.2. The van der Waals surface area contributed by atoms with Gasteiger partial charge in [0.25, 0.3) is 10.1 Å². The van der Waals surface area contributed by atoms with Crippen LogP contribution in [-0.4, -0.2) is 80.3 Å². The maximum Gasteiger partial charge on any atom is 0.460 e. The average molecular weight is 682 g/mol.